The first-order valence-electron chi connectivity index (χ1n) is 12.9. The number of carbonyl (C=O) groups excluding carboxylic acids is 2. The highest BCUT2D eigenvalue weighted by Gasteiger charge is 2.34. The number of aromatic hydroxyl groups is 1. The van der Waals surface area contributed by atoms with E-state index >= 15 is 0 Å². The third-order valence-electron chi connectivity index (χ3n) is 6.99. The number of amides is 2. The van der Waals surface area contributed by atoms with Crippen LogP contribution in [-0.2, 0) is 16.1 Å². The Hall–Kier alpha value is -4.40. The summed E-state index contributed by atoms with van der Waals surface area (Å²) in [6.45, 7) is -0.113. The van der Waals surface area contributed by atoms with Crippen LogP contribution in [-0.4, -0.2) is 45.1 Å². The number of anilines is 1. The second-order valence-corrected chi connectivity index (χ2v) is 9.54. The van der Waals surface area contributed by atoms with Crippen molar-refractivity contribution in [3.63, 3.8) is 0 Å². The quantitative estimate of drug-likeness (QED) is 0.362. The molecule has 1 fully saturated rings. The van der Waals surface area contributed by atoms with Crippen molar-refractivity contribution in [1.82, 2.24) is 20.3 Å². The number of methoxy groups -OCH3 is 1. The summed E-state index contributed by atoms with van der Waals surface area (Å²) in [6.07, 6.45) is 5.12. The summed E-state index contributed by atoms with van der Waals surface area (Å²) in [5.41, 5.74) is 2.53. The van der Waals surface area contributed by atoms with Gasteiger partial charge in [-0.2, -0.15) is 0 Å². The fourth-order valence-electron chi connectivity index (χ4n) is 5.02. The number of hydrogen-bond donors (Lipinski definition) is 2. The number of phenolic OH excluding ortho intramolecular Hbond substituents is 1. The lowest BCUT2D eigenvalue weighted by atomic mass is 9.94. The van der Waals surface area contributed by atoms with E-state index in [-0.39, 0.29) is 30.2 Å². The SMILES string of the molecule is COc1ccc(N(C(=O)Cn2nnc3ccccc32)C(C(=O)NC2CCCCC2)c2ccc(O)cc2)cc1. The molecule has 196 valence electrons. The number of para-hydroxylation sites is 1. The number of phenols is 1. The minimum absolute atomic E-state index is 0.0583. The average Bonchev–Trinajstić information content (AvgIpc) is 3.35. The first kappa shape index (κ1) is 25.3. The molecule has 0 bridgehead atoms. The third-order valence-corrected chi connectivity index (χ3v) is 6.99. The summed E-state index contributed by atoms with van der Waals surface area (Å²) in [6, 6.07) is 20.0. The number of nitrogens with one attached hydrogen (secondary N) is 1. The highest BCUT2D eigenvalue weighted by molar-refractivity contribution is 6.01. The molecule has 1 aromatic heterocycles. The molecule has 0 radical (unpaired) electrons. The minimum Gasteiger partial charge on any atom is -0.508 e. The molecule has 0 saturated heterocycles. The zero-order valence-electron chi connectivity index (χ0n) is 21.3. The van der Waals surface area contributed by atoms with Gasteiger partial charge in [-0.05, 0) is 66.9 Å². The molecule has 1 atom stereocenters. The van der Waals surface area contributed by atoms with Crippen molar-refractivity contribution >= 4 is 28.5 Å². The van der Waals surface area contributed by atoms with Crippen molar-refractivity contribution in [3.8, 4) is 11.5 Å². The number of benzene rings is 3. The van der Waals surface area contributed by atoms with Crippen molar-refractivity contribution in [2.45, 2.75) is 50.7 Å². The lowest BCUT2D eigenvalue weighted by Crippen LogP contribution is -2.48. The van der Waals surface area contributed by atoms with E-state index in [0.29, 0.717) is 22.5 Å². The predicted octanol–water partition coefficient (Wildman–Crippen LogP) is 4.37. The van der Waals surface area contributed by atoms with Crippen molar-refractivity contribution < 1.29 is 19.4 Å². The Balaban J connectivity index is 1.55. The van der Waals surface area contributed by atoms with E-state index in [0.717, 1.165) is 37.6 Å². The van der Waals surface area contributed by atoms with Gasteiger partial charge in [0.05, 0.1) is 12.6 Å². The first-order chi connectivity index (χ1) is 18.5. The van der Waals surface area contributed by atoms with Crippen molar-refractivity contribution in [2.24, 2.45) is 0 Å². The number of hydrogen-bond acceptors (Lipinski definition) is 6. The van der Waals surface area contributed by atoms with Crippen LogP contribution in [0.25, 0.3) is 11.0 Å². The smallest absolute Gasteiger partial charge is 0.249 e. The molecule has 5 rings (SSSR count). The maximum absolute atomic E-state index is 14.1. The molecule has 0 spiro atoms. The number of ether oxygens (including phenoxy) is 1. The Morgan fingerprint density at radius 3 is 2.45 bits per heavy atom. The van der Waals surface area contributed by atoms with Gasteiger partial charge in [0.1, 0.15) is 29.6 Å². The van der Waals surface area contributed by atoms with Crippen molar-refractivity contribution in [2.75, 3.05) is 12.0 Å². The number of nitrogens with zero attached hydrogens (tertiary/aromatic N) is 4. The van der Waals surface area contributed by atoms with E-state index in [2.05, 4.69) is 15.6 Å². The molecule has 2 N–H and O–H groups in total. The van der Waals surface area contributed by atoms with Gasteiger partial charge in [0.25, 0.3) is 0 Å². The van der Waals surface area contributed by atoms with E-state index in [4.69, 9.17) is 4.74 Å². The number of carbonyl (C=O) groups is 2. The van der Waals surface area contributed by atoms with Gasteiger partial charge in [0, 0.05) is 11.7 Å². The third kappa shape index (κ3) is 5.46. The Bertz CT molecular complexity index is 1390. The summed E-state index contributed by atoms with van der Waals surface area (Å²) in [5, 5.41) is 21.5. The van der Waals surface area contributed by atoms with Gasteiger partial charge in [-0.3, -0.25) is 14.5 Å². The summed E-state index contributed by atoms with van der Waals surface area (Å²) < 4.78 is 6.86. The van der Waals surface area contributed by atoms with Crippen LogP contribution in [0.4, 0.5) is 5.69 Å². The summed E-state index contributed by atoms with van der Waals surface area (Å²) in [5.74, 6) is 0.116. The molecule has 38 heavy (non-hydrogen) atoms. The summed E-state index contributed by atoms with van der Waals surface area (Å²) in [4.78, 5) is 29.5. The molecular formula is C29H31N5O4. The lowest BCUT2D eigenvalue weighted by Gasteiger charge is -2.33. The number of fused-ring (bicyclic) bond motifs is 1. The Labute approximate surface area is 221 Å². The maximum atomic E-state index is 14.1. The molecule has 1 aliphatic rings. The topological polar surface area (TPSA) is 110 Å². The summed E-state index contributed by atoms with van der Waals surface area (Å²) >= 11 is 0. The van der Waals surface area contributed by atoms with E-state index in [1.165, 1.54) is 17.0 Å². The molecule has 4 aromatic rings. The molecule has 2 amide bonds. The van der Waals surface area contributed by atoms with Crippen molar-refractivity contribution in [1.29, 1.82) is 0 Å². The highest BCUT2D eigenvalue weighted by atomic mass is 16.5. The minimum atomic E-state index is -0.965. The summed E-state index contributed by atoms with van der Waals surface area (Å²) in [7, 11) is 1.57. The second-order valence-electron chi connectivity index (χ2n) is 9.54. The van der Waals surface area contributed by atoms with Gasteiger partial charge in [0.2, 0.25) is 11.8 Å². The van der Waals surface area contributed by atoms with Crippen LogP contribution in [0.1, 0.15) is 43.7 Å². The molecule has 1 unspecified atom stereocenters. The molecule has 1 aliphatic carbocycles. The van der Waals surface area contributed by atoms with Gasteiger partial charge >= 0.3 is 0 Å². The van der Waals surface area contributed by atoms with Crippen LogP contribution >= 0.6 is 0 Å². The van der Waals surface area contributed by atoms with Crippen molar-refractivity contribution in [3.05, 3.63) is 78.4 Å². The van der Waals surface area contributed by atoms with E-state index < -0.39 is 6.04 Å². The Kier molecular flexibility index (Phi) is 7.53. The standard InChI is InChI=1S/C29H31N5O4/c1-38-24-17-13-22(14-18-24)34(27(36)19-33-26-10-6-5-9-25(26)31-32-33)28(20-11-15-23(35)16-12-20)29(37)30-21-7-3-2-4-8-21/h5-6,9-18,21,28,35H,2-4,7-8,19H2,1H3,(H,30,37). The van der Waals surface area contributed by atoms with Gasteiger partial charge in [-0.1, -0.05) is 48.7 Å². The average molecular weight is 514 g/mol. The molecule has 1 saturated carbocycles. The van der Waals surface area contributed by atoms with Gasteiger partial charge in [-0.15, -0.1) is 5.10 Å². The second kappa shape index (κ2) is 11.3. The molecule has 9 heteroatoms. The Morgan fingerprint density at radius 2 is 1.74 bits per heavy atom. The van der Waals surface area contributed by atoms with Crippen LogP contribution in [0.15, 0.2) is 72.8 Å². The monoisotopic (exact) mass is 513 g/mol. The zero-order valence-corrected chi connectivity index (χ0v) is 21.3. The van der Waals surface area contributed by atoms with E-state index in [1.54, 1.807) is 48.2 Å². The molecule has 1 heterocycles. The Morgan fingerprint density at radius 1 is 1.03 bits per heavy atom. The number of aromatic nitrogens is 3. The largest absolute Gasteiger partial charge is 0.508 e. The van der Waals surface area contributed by atoms with E-state index in [1.807, 2.05) is 24.3 Å². The lowest BCUT2D eigenvalue weighted by molar-refractivity contribution is -0.127. The van der Waals surface area contributed by atoms with Crippen LogP contribution < -0.4 is 15.0 Å². The number of rotatable bonds is 8. The molecule has 0 aliphatic heterocycles. The predicted molar refractivity (Wildman–Crippen MR) is 144 cm³/mol. The fourth-order valence-corrected chi connectivity index (χ4v) is 5.02. The first-order valence-corrected chi connectivity index (χ1v) is 12.9. The zero-order chi connectivity index (χ0) is 26.5. The van der Waals surface area contributed by atoms with E-state index in [9.17, 15) is 14.7 Å². The van der Waals surface area contributed by atoms with Crippen LogP contribution in [0.2, 0.25) is 0 Å². The van der Waals surface area contributed by atoms with Crippen LogP contribution in [0, 0.1) is 0 Å². The maximum Gasteiger partial charge on any atom is 0.249 e. The van der Waals surface area contributed by atoms with Crippen LogP contribution in [0.3, 0.4) is 0 Å². The van der Waals surface area contributed by atoms with Gasteiger partial charge in [-0.25, -0.2) is 4.68 Å². The van der Waals surface area contributed by atoms with Crippen LogP contribution in [0.5, 0.6) is 11.5 Å². The normalized spacial score (nSPS) is 14.7. The van der Waals surface area contributed by atoms with Gasteiger partial charge < -0.3 is 15.2 Å². The van der Waals surface area contributed by atoms with Gasteiger partial charge in [0.15, 0.2) is 0 Å². The fraction of sp³-hybridized carbons (Fsp3) is 0.310. The highest BCUT2D eigenvalue weighted by Crippen LogP contribution is 2.31. The molecule has 3 aromatic carbocycles. The molecule has 9 nitrogen and oxygen atoms in total. The molecular weight excluding hydrogens is 482 g/mol.